The predicted molar refractivity (Wildman–Crippen MR) is 97.3 cm³/mol. The molecule has 3 rings (SSSR count). The second kappa shape index (κ2) is 7.95. The van der Waals surface area contributed by atoms with Gasteiger partial charge in [0, 0.05) is 12.0 Å². The van der Waals surface area contributed by atoms with Crippen LogP contribution in [0, 0.1) is 11.6 Å². The lowest BCUT2D eigenvalue weighted by molar-refractivity contribution is -0.141. The Balaban J connectivity index is 1.73. The number of carboxylic acids is 1. The molecule has 0 radical (unpaired) electrons. The molecule has 6 heteroatoms. The van der Waals surface area contributed by atoms with E-state index in [1.807, 2.05) is 36.4 Å². The summed E-state index contributed by atoms with van der Waals surface area (Å²) in [5.74, 6) is -3.66. The number of fused-ring (bicyclic) bond motifs is 1. The van der Waals surface area contributed by atoms with Gasteiger partial charge in [0.1, 0.15) is 17.7 Å². The minimum Gasteiger partial charge on any atom is -0.480 e. The van der Waals surface area contributed by atoms with Crippen molar-refractivity contribution < 1.29 is 23.5 Å². The monoisotopic (exact) mass is 369 g/mol. The molecule has 0 bridgehead atoms. The van der Waals surface area contributed by atoms with Gasteiger partial charge in [0.2, 0.25) is 5.91 Å². The highest BCUT2D eigenvalue weighted by molar-refractivity contribution is 5.86. The average molecular weight is 369 g/mol. The van der Waals surface area contributed by atoms with Gasteiger partial charge >= 0.3 is 5.97 Å². The molecular formula is C21H17F2NO3. The van der Waals surface area contributed by atoms with Crippen LogP contribution in [0.4, 0.5) is 8.78 Å². The normalized spacial score (nSPS) is 11.9. The zero-order valence-corrected chi connectivity index (χ0v) is 14.3. The summed E-state index contributed by atoms with van der Waals surface area (Å²) in [6.45, 7) is 0. The molecule has 0 aliphatic carbocycles. The van der Waals surface area contributed by atoms with Crippen LogP contribution in [0.15, 0.2) is 60.7 Å². The van der Waals surface area contributed by atoms with Gasteiger partial charge in [0.05, 0.1) is 6.42 Å². The lowest BCUT2D eigenvalue weighted by Gasteiger charge is -2.15. The van der Waals surface area contributed by atoms with Crippen molar-refractivity contribution in [1.29, 1.82) is 0 Å². The van der Waals surface area contributed by atoms with Crippen molar-refractivity contribution in [3.05, 3.63) is 83.4 Å². The molecule has 1 amide bonds. The van der Waals surface area contributed by atoms with Gasteiger partial charge in [0.25, 0.3) is 0 Å². The Morgan fingerprint density at radius 2 is 1.59 bits per heavy atom. The van der Waals surface area contributed by atoms with E-state index in [1.54, 1.807) is 6.07 Å². The first-order chi connectivity index (χ1) is 12.9. The van der Waals surface area contributed by atoms with Crippen LogP contribution in [-0.2, 0) is 22.4 Å². The van der Waals surface area contributed by atoms with Crippen LogP contribution in [0.25, 0.3) is 10.8 Å². The maximum atomic E-state index is 13.7. The van der Waals surface area contributed by atoms with Crippen molar-refractivity contribution in [1.82, 2.24) is 5.32 Å². The van der Waals surface area contributed by atoms with Crippen LogP contribution < -0.4 is 5.32 Å². The maximum Gasteiger partial charge on any atom is 0.326 e. The third-order valence-corrected chi connectivity index (χ3v) is 4.29. The molecule has 3 aromatic rings. The van der Waals surface area contributed by atoms with Gasteiger partial charge < -0.3 is 10.4 Å². The molecule has 0 fully saturated rings. The lowest BCUT2D eigenvalue weighted by atomic mass is 10.0. The summed E-state index contributed by atoms with van der Waals surface area (Å²) < 4.78 is 27.3. The van der Waals surface area contributed by atoms with Gasteiger partial charge in [-0.25, -0.2) is 13.6 Å². The van der Waals surface area contributed by atoms with E-state index in [0.717, 1.165) is 28.5 Å². The molecule has 3 aromatic carbocycles. The van der Waals surface area contributed by atoms with Crippen LogP contribution in [0.1, 0.15) is 11.1 Å². The van der Waals surface area contributed by atoms with Crippen LogP contribution in [0.3, 0.4) is 0 Å². The molecule has 1 atom stereocenters. The molecule has 0 heterocycles. The van der Waals surface area contributed by atoms with Gasteiger partial charge in [-0.1, -0.05) is 48.5 Å². The Morgan fingerprint density at radius 3 is 2.26 bits per heavy atom. The first-order valence-electron chi connectivity index (χ1n) is 8.37. The van der Waals surface area contributed by atoms with Crippen molar-refractivity contribution in [3.63, 3.8) is 0 Å². The van der Waals surface area contributed by atoms with Crippen molar-refractivity contribution in [2.45, 2.75) is 18.9 Å². The summed E-state index contributed by atoms with van der Waals surface area (Å²) in [4.78, 5) is 23.7. The molecule has 2 N–H and O–H groups in total. The van der Waals surface area contributed by atoms with E-state index in [0.29, 0.717) is 0 Å². The molecule has 0 spiro atoms. The molecule has 138 valence electrons. The molecule has 27 heavy (non-hydrogen) atoms. The average Bonchev–Trinajstić information content (AvgIpc) is 2.64. The van der Waals surface area contributed by atoms with Crippen LogP contribution in [0.5, 0.6) is 0 Å². The van der Waals surface area contributed by atoms with Gasteiger partial charge in [-0.3, -0.25) is 4.79 Å². The fourth-order valence-corrected chi connectivity index (χ4v) is 2.91. The van der Waals surface area contributed by atoms with Crippen molar-refractivity contribution in [3.8, 4) is 0 Å². The van der Waals surface area contributed by atoms with Crippen LogP contribution in [0.2, 0.25) is 0 Å². The molecule has 0 unspecified atom stereocenters. The van der Waals surface area contributed by atoms with Gasteiger partial charge in [0.15, 0.2) is 0 Å². The number of carbonyl (C=O) groups excluding carboxylic acids is 1. The first kappa shape index (κ1) is 18.5. The number of amides is 1. The zero-order valence-electron chi connectivity index (χ0n) is 14.3. The molecular weight excluding hydrogens is 352 g/mol. The Labute approximate surface area is 154 Å². The van der Waals surface area contributed by atoms with E-state index in [2.05, 4.69) is 5.32 Å². The van der Waals surface area contributed by atoms with Crippen molar-refractivity contribution in [2.75, 3.05) is 0 Å². The Hall–Kier alpha value is -3.28. The number of aliphatic carboxylic acids is 1. The van der Waals surface area contributed by atoms with Crippen LogP contribution in [-0.4, -0.2) is 23.0 Å². The fraction of sp³-hybridized carbons (Fsp3) is 0.143. The summed E-state index contributed by atoms with van der Waals surface area (Å²) in [6.07, 6.45) is -0.508. The molecule has 0 aliphatic rings. The highest BCUT2D eigenvalue weighted by Crippen LogP contribution is 2.17. The van der Waals surface area contributed by atoms with E-state index in [-0.39, 0.29) is 12.0 Å². The maximum absolute atomic E-state index is 13.7. The molecule has 0 aromatic heterocycles. The summed E-state index contributed by atoms with van der Waals surface area (Å²) in [5.41, 5.74) is 0.350. The first-order valence-corrected chi connectivity index (χ1v) is 8.37. The highest BCUT2D eigenvalue weighted by atomic mass is 19.1. The van der Waals surface area contributed by atoms with Gasteiger partial charge in [-0.2, -0.15) is 0 Å². The number of carbonyl (C=O) groups is 2. The SMILES string of the molecule is O=C(Cc1c(F)cccc1F)N[C@@H](Cc1ccc2ccccc2c1)C(=O)O. The predicted octanol–water partition coefficient (Wildman–Crippen LogP) is 3.47. The lowest BCUT2D eigenvalue weighted by Crippen LogP contribution is -2.43. The minimum atomic E-state index is -1.22. The summed E-state index contributed by atoms with van der Waals surface area (Å²) >= 11 is 0. The second-order valence-corrected chi connectivity index (χ2v) is 6.22. The van der Waals surface area contributed by atoms with E-state index < -0.39 is 36.0 Å². The smallest absolute Gasteiger partial charge is 0.326 e. The number of nitrogens with one attached hydrogen (secondary N) is 1. The Morgan fingerprint density at radius 1 is 0.926 bits per heavy atom. The molecule has 0 saturated heterocycles. The fourth-order valence-electron chi connectivity index (χ4n) is 2.91. The number of halogens is 2. The zero-order chi connectivity index (χ0) is 19.4. The van der Waals surface area contributed by atoms with E-state index in [9.17, 15) is 23.5 Å². The molecule has 0 saturated carbocycles. The largest absolute Gasteiger partial charge is 0.480 e. The number of hydrogen-bond donors (Lipinski definition) is 2. The highest BCUT2D eigenvalue weighted by Gasteiger charge is 2.22. The minimum absolute atomic E-state index is 0.0612. The number of carboxylic acid groups (broad SMARTS) is 1. The number of rotatable bonds is 6. The molecule has 4 nitrogen and oxygen atoms in total. The molecule has 0 aliphatic heterocycles. The Bertz CT molecular complexity index is 983. The summed E-state index contributed by atoms with van der Waals surface area (Å²) in [5, 5.41) is 13.7. The third kappa shape index (κ3) is 4.47. The van der Waals surface area contributed by atoms with E-state index in [1.165, 1.54) is 6.07 Å². The quantitative estimate of drug-likeness (QED) is 0.699. The van der Waals surface area contributed by atoms with E-state index >= 15 is 0 Å². The summed E-state index contributed by atoms with van der Waals surface area (Å²) in [6, 6.07) is 15.3. The van der Waals surface area contributed by atoms with Crippen LogP contribution >= 0.6 is 0 Å². The second-order valence-electron chi connectivity index (χ2n) is 6.22. The Kier molecular flexibility index (Phi) is 5.45. The standard InChI is InChI=1S/C21H17F2NO3/c22-17-6-3-7-18(23)16(17)12-20(25)24-19(21(26)27)11-13-8-9-14-4-1-2-5-15(14)10-13/h1-10,19H,11-12H2,(H,24,25)(H,26,27)/t19-/m0/s1. The van der Waals surface area contributed by atoms with Crippen molar-refractivity contribution in [2.24, 2.45) is 0 Å². The topological polar surface area (TPSA) is 66.4 Å². The van der Waals surface area contributed by atoms with Gasteiger partial charge in [-0.15, -0.1) is 0 Å². The van der Waals surface area contributed by atoms with E-state index in [4.69, 9.17) is 0 Å². The third-order valence-electron chi connectivity index (χ3n) is 4.29. The van der Waals surface area contributed by atoms with Crippen molar-refractivity contribution >= 4 is 22.6 Å². The summed E-state index contributed by atoms with van der Waals surface area (Å²) in [7, 11) is 0. The number of hydrogen-bond acceptors (Lipinski definition) is 2. The number of benzene rings is 3. The van der Waals surface area contributed by atoms with Gasteiger partial charge in [-0.05, 0) is 28.5 Å².